The van der Waals surface area contributed by atoms with Gasteiger partial charge in [0, 0.05) is 0 Å². The van der Waals surface area contributed by atoms with Gasteiger partial charge in [-0.25, -0.2) is 0 Å². The average Bonchev–Trinajstić information content (AvgIpc) is 3.46. The summed E-state index contributed by atoms with van der Waals surface area (Å²) in [5, 5.41) is 0. The van der Waals surface area contributed by atoms with Crippen molar-refractivity contribution < 1.29 is 9.47 Å². The van der Waals surface area contributed by atoms with Crippen molar-refractivity contribution in [2.45, 2.75) is 142 Å². The molecule has 0 aliphatic heterocycles. The van der Waals surface area contributed by atoms with E-state index in [4.69, 9.17) is 9.47 Å². The zero-order chi connectivity index (χ0) is 27.3. The third-order valence-corrected chi connectivity index (χ3v) is 9.96. The van der Waals surface area contributed by atoms with Crippen molar-refractivity contribution >= 4 is 54.5 Å². The van der Waals surface area contributed by atoms with Crippen LogP contribution in [0.25, 0.3) is 9.75 Å². The summed E-state index contributed by atoms with van der Waals surface area (Å²) in [4.78, 5) is 11.2. The van der Waals surface area contributed by atoms with Crippen LogP contribution in [-0.2, 0) is 0 Å². The normalized spacial score (nSPS) is 11.4. The van der Waals surface area contributed by atoms with Crippen molar-refractivity contribution in [3.63, 3.8) is 0 Å². The number of rotatable bonds is 25. The fourth-order valence-electron chi connectivity index (χ4n) is 4.56. The lowest BCUT2D eigenvalue weighted by atomic mass is 10.1. The molecule has 0 aliphatic rings. The lowest BCUT2D eigenvalue weighted by Crippen LogP contribution is -2.00. The fraction of sp³-hybridized carbons (Fsp3) is 0.800. The van der Waals surface area contributed by atoms with Gasteiger partial charge in [0.15, 0.2) is 7.83 Å². The van der Waals surface area contributed by atoms with E-state index in [9.17, 15) is 0 Å². The summed E-state index contributed by atoms with van der Waals surface area (Å²) in [6, 6.07) is 0. The predicted octanol–water partition coefficient (Wildman–Crippen LogP) is 12.4. The topological polar surface area (TPSA) is 44.2 Å². The van der Waals surface area contributed by atoms with Gasteiger partial charge in [0.1, 0.15) is 9.75 Å². The molecule has 8 heteroatoms. The molecule has 0 unspecified atom stereocenters. The number of hydrogen-bond donors (Lipinski definition) is 0. The molecule has 0 radical (unpaired) electrons. The largest absolute Gasteiger partial charge is 0.477 e. The Balaban J connectivity index is 1.67. The number of aromatic nitrogens is 2. The van der Waals surface area contributed by atoms with Crippen LogP contribution < -0.4 is 9.47 Å². The molecule has 0 N–H and O–H groups in total. The molecule has 2 aromatic heterocycles. The van der Waals surface area contributed by atoms with Gasteiger partial charge in [-0.2, -0.15) is 9.97 Å². The summed E-state index contributed by atoms with van der Waals surface area (Å²) in [5.41, 5.74) is 0. The van der Waals surface area contributed by atoms with Gasteiger partial charge in [-0.05, 0) is 44.7 Å². The van der Waals surface area contributed by atoms with Gasteiger partial charge in [0.25, 0.3) is 0 Å². The maximum atomic E-state index is 6.14. The minimum absolute atomic E-state index is 0.692. The van der Waals surface area contributed by atoms with E-state index in [0.29, 0.717) is 25.0 Å². The Hall–Kier alpha value is -0.180. The zero-order valence-corrected chi connectivity index (χ0v) is 28.6. The van der Waals surface area contributed by atoms with Crippen molar-refractivity contribution in [3.8, 4) is 21.5 Å². The number of halogens is 2. The third-order valence-electron chi connectivity index (χ3n) is 6.82. The van der Waals surface area contributed by atoms with Crippen LogP contribution >= 0.6 is 54.5 Å². The molecule has 0 fully saturated rings. The van der Waals surface area contributed by atoms with E-state index in [1.807, 2.05) is 0 Å². The SMILES string of the molecule is CCCCCCCCCCCCOc1nc(Br)sc1-c1sc(Br)nc1OCCCCCCCCCCCC. The molecule has 4 nitrogen and oxygen atoms in total. The van der Waals surface area contributed by atoms with Crippen LogP contribution in [0.4, 0.5) is 0 Å². The Kier molecular flexibility index (Phi) is 20.1. The van der Waals surface area contributed by atoms with E-state index in [0.717, 1.165) is 30.4 Å². The monoisotopic (exact) mass is 692 g/mol. The molecule has 2 aromatic rings. The minimum Gasteiger partial charge on any atom is -0.477 e. The van der Waals surface area contributed by atoms with Crippen molar-refractivity contribution in [3.05, 3.63) is 7.83 Å². The predicted molar refractivity (Wildman–Crippen MR) is 173 cm³/mol. The highest BCUT2D eigenvalue weighted by molar-refractivity contribution is 9.11. The molecule has 218 valence electrons. The lowest BCUT2D eigenvalue weighted by Gasteiger charge is -2.07. The van der Waals surface area contributed by atoms with E-state index < -0.39 is 0 Å². The van der Waals surface area contributed by atoms with E-state index in [1.54, 1.807) is 22.7 Å². The summed E-state index contributed by atoms with van der Waals surface area (Å²) in [5.74, 6) is 1.38. The molecule has 0 amide bonds. The maximum absolute atomic E-state index is 6.14. The summed E-state index contributed by atoms with van der Waals surface area (Å²) < 4.78 is 13.9. The standard InChI is InChI=1S/C30H50Br2N2O2S2/c1-3-5-7-9-11-13-15-17-19-21-23-35-27-25(37-29(31)33-27)26-28(34-30(32)38-26)36-24-22-20-18-16-14-12-10-8-6-4-2/h3-24H2,1-2H3. The van der Waals surface area contributed by atoms with Crippen LogP contribution in [0.15, 0.2) is 7.83 Å². The van der Waals surface area contributed by atoms with Crippen LogP contribution in [0.3, 0.4) is 0 Å². The van der Waals surface area contributed by atoms with Crippen LogP contribution in [0.2, 0.25) is 0 Å². The molecule has 0 spiro atoms. The molecule has 0 aliphatic carbocycles. The lowest BCUT2D eigenvalue weighted by molar-refractivity contribution is 0.291. The Bertz CT molecular complexity index is 776. The quantitative estimate of drug-likeness (QED) is 0.0971. The first kappa shape index (κ1) is 34.0. The Morgan fingerprint density at radius 3 is 1.08 bits per heavy atom. The van der Waals surface area contributed by atoms with Gasteiger partial charge in [0.2, 0.25) is 11.8 Å². The van der Waals surface area contributed by atoms with E-state index >= 15 is 0 Å². The summed E-state index contributed by atoms with van der Waals surface area (Å²) in [6.45, 7) is 5.96. The molecule has 0 saturated carbocycles. The van der Waals surface area contributed by atoms with Crippen LogP contribution in [0.5, 0.6) is 11.8 Å². The molecule has 0 saturated heterocycles. The van der Waals surface area contributed by atoms with E-state index in [2.05, 4.69) is 55.7 Å². The molecule has 0 aromatic carbocycles. The number of unbranched alkanes of at least 4 members (excludes halogenated alkanes) is 18. The summed E-state index contributed by atoms with van der Waals surface area (Å²) >= 11 is 10.3. The van der Waals surface area contributed by atoms with E-state index in [-0.39, 0.29) is 0 Å². The molecule has 2 heterocycles. The Morgan fingerprint density at radius 1 is 0.474 bits per heavy atom. The second-order valence-electron chi connectivity index (χ2n) is 10.3. The van der Waals surface area contributed by atoms with Gasteiger partial charge < -0.3 is 9.47 Å². The molecular formula is C30H50Br2N2O2S2. The van der Waals surface area contributed by atoms with E-state index in [1.165, 1.54) is 116 Å². The second-order valence-corrected chi connectivity index (χ2v) is 14.8. The van der Waals surface area contributed by atoms with Crippen molar-refractivity contribution in [2.75, 3.05) is 13.2 Å². The first-order valence-electron chi connectivity index (χ1n) is 15.2. The van der Waals surface area contributed by atoms with Crippen molar-refractivity contribution in [1.29, 1.82) is 0 Å². The Labute approximate surface area is 257 Å². The van der Waals surface area contributed by atoms with Gasteiger partial charge in [-0.1, -0.05) is 129 Å². The molecule has 2 rings (SSSR count). The van der Waals surface area contributed by atoms with Gasteiger partial charge >= 0.3 is 0 Å². The highest BCUT2D eigenvalue weighted by Gasteiger charge is 2.22. The summed E-state index contributed by atoms with van der Waals surface area (Å²) in [7, 11) is 0. The number of nitrogens with zero attached hydrogens (tertiary/aromatic N) is 2. The number of ether oxygens (including phenoxy) is 2. The third kappa shape index (κ3) is 15.0. The number of thiazole rings is 2. The molecule has 38 heavy (non-hydrogen) atoms. The van der Waals surface area contributed by atoms with Crippen LogP contribution in [0, 0.1) is 0 Å². The zero-order valence-electron chi connectivity index (χ0n) is 23.8. The molecule has 0 atom stereocenters. The summed E-state index contributed by atoms with van der Waals surface area (Å²) in [6.07, 6.45) is 26.4. The second kappa shape index (κ2) is 22.5. The smallest absolute Gasteiger partial charge is 0.234 e. The number of hydrogen-bond acceptors (Lipinski definition) is 6. The van der Waals surface area contributed by atoms with Gasteiger partial charge in [-0.15, -0.1) is 22.7 Å². The highest BCUT2D eigenvalue weighted by atomic mass is 79.9. The van der Waals surface area contributed by atoms with Crippen molar-refractivity contribution in [2.24, 2.45) is 0 Å². The fourth-order valence-corrected chi connectivity index (χ4v) is 7.44. The molecular weight excluding hydrogens is 644 g/mol. The minimum atomic E-state index is 0.692. The first-order valence-corrected chi connectivity index (χ1v) is 18.5. The average molecular weight is 695 g/mol. The molecule has 0 bridgehead atoms. The Morgan fingerprint density at radius 2 is 0.763 bits per heavy atom. The first-order chi connectivity index (χ1) is 18.7. The highest BCUT2D eigenvalue weighted by Crippen LogP contribution is 2.46. The van der Waals surface area contributed by atoms with Gasteiger partial charge in [0.05, 0.1) is 13.2 Å². The van der Waals surface area contributed by atoms with Gasteiger partial charge in [-0.3, -0.25) is 0 Å². The van der Waals surface area contributed by atoms with Crippen molar-refractivity contribution in [1.82, 2.24) is 9.97 Å². The van der Waals surface area contributed by atoms with Crippen LogP contribution in [-0.4, -0.2) is 23.2 Å². The van der Waals surface area contributed by atoms with Crippen LogP contribution in [0.1, 0.15) is 142 Å². The maximum Gasteiger partial charge on any atom is 0.234 e.